The SMILES string of the molecule is N#Cc1c(-c2ccccn2)n[nH]c1C1CCC1. The van der Waals surface area contributed by atoms with E-state index in [1.54, 1.807) is 6.20 Å². The summed E-state index contributed by atoms with van der Waals surface area (Å²) >= 11 is 0. The number of aromatic amines is 1. The quantitative estimate of drug-likeness (QED) is 0.852. The molecule has 1 saturated carbocycles. The van der Waals surface area contributed by atoms with Gasteiger partial charge in [-0.25, -0.2) is 0 Å². The van der Waals surface area contributed by atoms with E-state index in [9.17, 15) is 5.26 Å². The Labute approximate surface area is 99.3 Å². The Morgan fingerprint density at radius 3 is 2.82 bits per heavy atom. The third kappa shape index (κ3) is 1.60. The highest BCUT2D eigenvalue weighted by atomic mass is 15.1. The molecule has 1 aliphatic rings. The van der Waals surface area contributed by atoms with E-state index in [2.05, 4.69) is 21.3 Å². The first kappa shape index (κ1) is 10.0. The molecule has 0 spiro atoms. The highest BCUT2D eigenvalue weighted by Gasteiger charge is 2.26. The summed E-state index contributed by atoms with van der Waals surface area (Å²) in [7, 11) is 0. The second kappa shape index (κ2) is 4.02. The highest BCUT2D eigenvalue weighted by molar-refractivity contribution is 5.64. The lowest BCUT2D eigenvalue weighted by Gasteiger charge is -2.23. The minimum absolute atomic E-state index is 0.481. The van der Waals surface area contributed by atoms with E-state index in [1.165, 1.54) is 6.42 Å². The summed E-state index contributed by atoms with van der Waals surface area (Å²) in [4.78, 5) is 4.24. The maximum atomic E-state index is 9.28. The van der Waals surface area contributed by atoms with Crippen LogP contribution in [0.4, 0.5) is 0 Å². The lowest BCUT2D eigenvalue weighted by atomic mass is 9.81. The minimum Gasteiger partial charge on any atom is -0.280 e. The van der Waals surface area contributed by atoms with Gasteiger partial charge in [0.15, 0.2) is 0 Å². The molecule has 1 aliphatic carbocycles. The predicted octanol–water partition coefficient (Wildman–Crippen LogP) is 2.61. The van der Waals surface area contributed by atoms with Gasteiger partial charge in [-0.05, 0) is 25.0 Å². The molecule has 17 heavy (non-hydrogen) atoms. The van der Waals surface area contributed by atoms with E-state index in [0.717, 1.165) is 24.2 Å². The van der Waals surface area contributed by atoms with E-state index < -0.39 is 0 Å². The van der Waals surface area contributed by atoms with Crippen molar-refractivity contribution in [2.24, 2.45) is 0 Å². The van der Waals surface area contributed by atoms with Gasteiger partial charge in [-0.3, -0.25) is 10.1 Å². The zero-order valence-electron chi connectivity index (χ0n) is 9.35. The Morgan fingerprint density at radius 1 is 1.35 bits per heavy atom. The van der Waals surface area contributed by atoms with Crippen molar-refractivity contribution < 1.29 is 0 Å². The maximum absolute atomic E-state index is 9.28. The van der Waals surface area contributed by atoms with Crippen LogP contribution in [0.5, 0.6) is 0 Å². The van der Waals surface area contributed by atoms with Gasteiger partial charge in [-0.15, -0.1) is 0 Å². The van der Waals surface area contributed by atoms with Crippen molar-refractivity contribution in [1.29, 1.82) is 5.26 Å². The summed E-state index contributed by atoms with van der Waals surface area (Å²) in [6.45, 7) is 0. The number of pyridine rings is 1. The molecule has 0 radical (unpaired) electrons. The Morgan fingerprint density at radius 2 is 2.24 bits per heavy atom. The Hall–Kier alpha value is -2.15. The molecule has 3 rings (SSSR count). The number of hydrogen-bond acceptors (Lipinski definition) is 3. The summed E-state index contributed by atoms with van der Waals surface area (Å²) < 4.78 is 0. The first-order chi connectivity index (χ1) is 8.40. The lowest BCUT2D eigenvalue weighted by molar-refractivity contribution is 0.410. The van der Waals surface area contributed by atoms with Crippen LogP contribution in [0.25, 0.3) is 11.4 Å². The van der Waals surface area contributed by atoms with Crippen molar-refractivity contribution in [3.05, 3.63) is 35.7 Å². The highest BCUT2D eigenvalue weighted by Crippen LogP contribution is 2.38. The fraction of sp³-hybridized carbons (Fsp3) is 0.308. The van der Waals surface area contributed by atoms with Crippen LogP contribution in [-0.4, -0.2) is 15.2 Å². The van der Waals surface area contributed by atoms with Crippen molar-refractivity contribution in [3.63, 3.8) is 0 Å². The van der Waals surface area contributed by atoms with E-state index >= 15 is 0 Å². The van der Waals surface area contributed by atoms with Crippen molar-refractivity contribution in [3.8, 4) is 17.5 Å². The van der Waals surface area contributed by atoms with Crippen molar-refractivity contribution >= 4 is 0 Å². The Balaban J connectivity index is 2.07. The van der Waals surface area contributed by atoms with E-state index in [0.29, 0.717) is 17.2 Å². The molecule has 2 aromatic heterocycles. The van der Waals surface area contributed by atoms with Gasteiger partial charge in [0.25, 0.3) is 0 Å². The number of nitriles is 1. The Bertz CT molecular complexity index is 561. The van der Waals surface area contributed by atoms with Gasteiger partial charge in [0.1, 0.15) is 17.3 Å². The van der Waals surface area contributed by atoms with Crippen molar-refractivity contribution in [1.82, 2.24) is 15.2 Å². The summed E-state index contributed by atoms with van der Waals surface area (Å²) in [6, 6.07) is 7.89. The van der Waals surface area contributed by atoms with Crippen LogP contribution < -0.4 is 0 Å². The molecule has 0 unspecified atom stereocenters. The van der Waals surface area contributed by atoms with Gasteiger partial charge in [-0.2, -0.15) is 10.4 Å². The topological polar surface area (TPSA) is 65.4 Å². The van der Waals surface area contributed by atoms with Crippen LogP contribution in [0, 0.1) is 11.3 Å². The average molecular weight is 224 g/mol. The fourth-order valence-electron chi connectivity index (χ4n) is 2.15. The fourth-order valence-corrected chi connectivity index (χ4v) is 2.15. The van der Waals surface area contributed by atoms with Crippen LogP contribution in [0.2, 0.25) is 0 Å². The van der Waals surface area contributed by atoms with Crippen LogP contribution in [0.15, 0.2) is 24.4 Å². The second-order valence-corrected chi connectivity index (χ2v) is 4.32. The van der Waals surface area contributed by atoms with Gasteiger partial charge >= 0.3 is 0 Å². The largest absolute Gasteiger partial charge is 0.280 e. The average Bonchev–Trinajstić information content (AvgIpc) is 2.71. The number of hydrogen-bond donors (Lipinski definition) is 1. The molecular weight excluding hydrogens is 212 g/mol. The van der Waals surface area contributed by atoms with Gasteiger partial charge in [0, 0.05) is 12.1 Å². The molecule has 4 nitrogen and oxygen atoms in total. The monoisotopic (exact) mass is 224 g/mol. The van der Waals surface area contributed by atoms with Crippen LogP contribution in [-0.2, 0) is 0 Å². The molecule has 1 fully saturated rings. The summed E-state index contributed by atoms with van der Waals surface area (Å²) in [5.41, 5.74) is 3.08. The number of nitrogens with one attached hydrogen (secondary N) is 1. The molecular formula is C13H12N4. The number of nitrogens with zero attached hydrogens (tertiary/aromatic N) is 3. The molecule has 0 aromatic carbocycles. The zero-order chi connectivity index (χ0) is 11.7. The summed E-state index contributed by atoms with van der Waals surface area (Å²) in [6.07, 6.45) is 5.26. The standard InChI is InChI=1S/C13H12N4/c14-8-10-12(9-4-3-5-9)16-17-13(10)11-6-1-2-7-15-11/h1-2,6-7,9H,3-5H2,(H,16,17). The van der Waals surface area contributed by atoms with E-state index in [4.69, 9.17) is 0 Å². The van der Waals surface area contributed by atoms with Crippen LogP contribution in [0.1, 0.15) is 36.4 Å². The molecule has 2 heterocycles. The summed E-state index contributed by atoms with van der Waals surface area (Å²) in [5, 5.41) is 16.5. The number of aromatic nitrogens is 3. The van der Waals surface area contributed by atoms with Gasteiger partial charge in [0.2, 0.25) is 0 Å². The van der Waals surface area contributed by atoms with E-state index in [-0.39, 0.29) is 0 Å². The maximum Gasteiger partial charge on any atom is 0.129 e. The van der Waals surface area contributed by atoms with Gasteiger partial charge < -0.3 is 0 Å². The number of rotatable bonds is 2. The molecule has 1 N–H and O–H groups in total. The molecule has 4 heteroatoms. The second-order valence-electron chi connectivity index (χ2n) is 4.32. The molecule has 0 aliphatic heterocycles. The first-order valence-corrected chi connectivity index (χ1v) is 5.80. The third-order valence-corrected chi connectivity index (χ3v) is 3.33. The number of H-pyrrole nitrogens is 1. The smallest absolute Gasteiger partial charge is 0.129 e. The predicted molar refractivity (Wildman–Crippen MR) is 63.1 cm³/mol. The molecule has 0 atom stereocenters. The van der Waals surface area contributed by atoms with Crippen LogP contribution in [0.3, 0.4) is 0 Å². The molecule has 0 saturated heterocycles. The van der Waals surface area contributed by atoms with Gasteiger partial charge in [-0.1, -0.05) is 12.5 Å². The zero-order valence-corrected chi connectivity index (χ0v) is 9.35. The van der Waals surface area contributed by atoms with Crippen molar-refractivity contribution in [2.45, 2.75) is 25.2 Å². The molecule has 2 aromatic rings. The summed E-state index contributed by atoms with van der Waals surface area (Å²) in [5.74, 6) is 0.481. The van der Waals surface area contributed by atoms with Crippen LogP contribution >= 0.6 is 0 Å². The van der Waals surface area contributed by atoms with Gasteiger partial charge in [0.05, 0.1) is 11.4 Å². The Kier molecular flexibility index (Phi) is 2.37. The third-order valence-electron chi connectivity index (χ3n) is 3.33. The normalized spacial score (nSPS) is 15.2. The van der Waals surface area contributed by atoms with Crippen molar-refractivity contribution in [2.75, 3.05) is 0 Å². The first-order valence-electron chi connectivity index (χ1n) is 5.80. The lowest BCUT2D eigenvalue weighted by Crippen LogP contribution is -2.10. The molecule has 84 valence electrons. The van der Waals surface area contributed by atoms with E-state index in [1.807, 2.05) is 18.2 Å². The molecule has 0 amide bonds. The minimum atomic E-state index is 0.481. The molecule has 0 bridgehead atoms.